The molecule has 0 spiro atoms. The van der Waals surface area contributed by atoms with Gasteiger partial charge >= 0.3 is 11.9 Å². The van der Waals surface area contributed by atoms with E-state index in [1.165, 1.54) is 0 Å². The normalized spacial score (nSPS) is 14.5. The number of hydrogen-bond donors (Lipinski definition) is 4. The molecule has 2 aromatic rings. The number of aryl methyl sites for hydroxylation is 2. The molecule has 0 radical (unpaired) electrons. The zero-order valence-electron chi connectivity index (χ0n) is 15.6. The minimum atomic E-state index is -1.74. The summed E-state index contributed by atoms with van der Waals surface area (Å²) in [5.41, 5.74) is 0.484. The standard InChI is InChI=1S/C18H22N2O8/c1-8-4-11-12(5-9(8)2)20(17(25)15(19-11)18(26)27)6-13(22)16(24)14(23)7-28-10(3)21/h4-5,13-14,16,22-24H,6-7H2,1-3H3,(H,26,27)/t13-,14+,16-/m0/s1. The van der Waals surface area contributed by atoms with E-state index in [2.05, 4.69) is 9.72 Å². The van der Waals surface area contributed by atoms with Gasteiger partial charge in [0.05, 0.1) is 17.6 Å². The van der Waals surface area contributed by atoms with E-state index in [1.54, 1.807) is 26.0 Å². The molecule has 1 aromatic carbocycles. The molecule has 10 heteroatoms. The average Bonchev–Trinajstić information content (AvgIpc) is 2.62. The Hall–Kier alpha value is -2.82. The third-order valence-corrected chi connectivity index (χ3v) is 4.38. The van der Waals surface area contributed by atoms with Gasteiger partial charge in [-0.1, -0.05) is 0 Å². The molecule has 4 N–H and O–H groups in total. The van der Waals surface area contributed by atoms with Crippen LogP contribution >= 0.6 is 0 Å². The molecule has 0 saturated carbocycles. The number of hydrogen-bond acceptors (Lipinski definition) is 8. The second-order valence-corrected chi connectivity index (χ2v) is 6.53. The summed E-state index contributed by atoms with van der Waals surface area (Å²) in [4.78, 5) is 38.6. The molecule has 3 atom stereocenters. The van der Waals surface area contributed by atoms with E-state index in [0.29, 0.717) is 0 Å². The molecule has 0 amide bonds. The molecule has 0 bridgehead atoms. The maximum absolute atomic E-state index is 12.6. The highest BCUT2D eigenvalue weighted by Gasteiger charge is 2.28. The Balaban J connectivity index is 2.45. The van der Waals surface area contributed by atoms with Crippen LogP contribution in [0, 0.1) is 13.8 Å². The van der Waals surface area contributed by atoms with E-state index in [0.717, 1.165) is 22.6 Å². The van der Waals surface area contributed by atoms with Gasteiger partial charge in [0.1, 0.15) is 24.9 Å². The topological polar surface area (TPSA) is 159 Å². The summed E-state index contributed by atoms with van der Waals surface area (Å²) in [6.07, 6.45) is -4.97. The van der Waals surface area contributed by atoms with Gasteiger partial charge in [0.2, 0.25) is 5.69 Å². The van der Waals surface area contributed by atoms with Crippen LogP contribution in [0.15, 0.2) is 16.9 Å². The fourth-order valence-corrected chi connectivity index (χ4v) is 2.67. The number of carboxylic acids is 1. The van der Waals surface area contributed by atoms with Gasteiger partial charge in [0.15, 0.2) is 0 Å². The van der Waals surface area contributed by atoms with E-state index >= 15 is 0 Å². The maximum atomic E-state index is 12.6. The molecule has 0 fully saturated rings. The molecule has 0 unspecified atom stereocenters. The Kier molecular flexibility index (Phi) is 6.49. The van der Waals surface area contributed by atoms with Crippen molar-refractivity contribution < 1.29 is 34.8 Å². The van der Waals surface area contributed by atoms with Crippen molar-refractivity contribution in [3.63, 3.8) is 0 Å². The first-order valence-electron chi connectivity index (χ1n) is 8.45. The largest absolute Gasteiger partial charge is 0.476 e. The molecule has 1 heterocycles. The number of aromatic nitrogens is 2. The smallest absolute Gasteiger partial charge is 0.360 e. The van der Waals surface area contributed by atoms with Gasteiger partial charge in [-0.05, 0) is 37.1 Å². The van der Waals surface area contributed by atoms with Crippen LogP contribution in [0.4, 0.5) is 0 Å². The van der Waals surface area contributed by atoms with Gasteiger partial charge in [-0.2, -0.15) is 0 Å². The van der Waals surface area contributed by atoms with Crippen molar-refractivity contribution in [2.75, 3.05) is 6.61 Å². The number of fused-ring (bicyclic) bond motifs is 1. The summed E-state index contributed by atoms with van der Waals surface area (Å²) in [5.74, 6) is -2.20. The van der Waals surface area contributed by atoms with Gasteiger partial charge < -0.3 is 29.7 Å². The number of carbonyl (C=O) groups excluding carboxylic acids is 1. The number of carboxylic acid groups (broad SMARTS) is 1. The van der Waals surface area contributed by atoms with Crippen molar-refractivity contribution in [1.29, 1.82) is 0 Å². The van der Waals surface area contributed by atoms with Gasteiger partial charge in [-0.15, -0.1) is 0 Å². The molecule has 0 aliphatic carbocycles. The predicted octanol–water partition coefficient (Wildman–Crippen LogP) is -0.643. The lowest BCUT2D eigenvalue weighted by Gasteiger charge is -2.24. The Morgan fingerprint density at radius 3 is 2.32 bits per heavy atom. The summed E-state index contributed by atoms with van der Waals surface area (Å²) in [6.45, 7) is 3.67. The van der Waals surface area contributed by atoms with Crippen LogP contribution in [0.25, 0.3) is 11.0 Å². The SMILES string of the molecule is CC(=O)OC[C@@H](O)[C@@H](O)[C@@H](O)Cn1c(=O)c(C(=O)O)nc2cc(C)c(C)cc21. The number of aliphatic hydroxyl groups is 3. The average molecular weight is 394 g/mol. The van der Waals surface area contributed by atoms with Crippen molar-refractivity contribution >= 4 is 23.0 Å². The molecule has 152 valence electrons. The third-order valence-electron chi connectivity index (χ3n) is 4.38. The van der Waals surface area contributed by atoms with Crippen LogP contribution in [0.3, 0.4) is 0 Å². The fraction of sp³-hybridized carbons (Fsp3) is 0.444. The fourth-order valence-electron chi connectivity index (χ4n) is 2.67. The molecule has 1 aromatic heterocycles. The molecule has 28 heavy (non-hydrogen) atoms. The number of aliphatic hydroxyl groups excluding tert-OH is 3. The Labute approximate surface area is 159 Å². The van der Waals surface area contributed by atoms with Crippen LogP contribution in [0.5, 0.6) is 0 Å². The Morgan fingerprint density at radius 1 is 1.14 bits per heavy atom. The Morgan fingerprint density at radius 2 is 1.75 bits per heavy atom. The number of benzene rings is 1. The number of esters is 1. The highest BCUT2D eigenvalue weighted by atomic mass is 16.5. The molecule has 2 rings (SSSR count). The molecule has 0 saturated heterocycles. The van der Waals surface area contributed by atoms with Gasteiger partial charge in [0, 0.05) is 6.92 Å². The van der Waals surface area contributed by atoms with Crippen LogP contribution in [-0.2, 0) is 16.1 Å². The quantitative estimate of drug-likeness (QED) is 0.448. The van der Waals surface area contributed by atoms with E-state index in [9.17, 15) is 34.8 Å². The van der Waals surface area contributed by atoms with E-state index < -0.39 is 54.7 Å². The number of carbonyl (C=O) groups is 2. The minimum absolute atomic E-state index is 0.238. The van der Waals surface area contributed by atoms with Crippen molar-refractivity contribution in [3.05, 3.63) is 39.3 Å². The monoisotopic (exact) mass is 394 g/mol. The first kappa shape index (κ1) is 21.5. The molecular formula is C18H22N2O8. The van der Waals surface area contributed by atoms with Crippen molar-refractivity contribution in [2.45, 2.75) is 45.6 Å². The van der Waals surface area contributed by atoms with Crippen LogP contribution < -0.4 is 5.56 Å². The van der Waals surface area contributed by atoms with E-state index in [4.69, 9.17) is 0 Å². The molecule has 0 aliphatic heterocycles. The van der Waals surface area contributed by atoms with Crippen LogP contribution in [0.1, 0.15) is 28.5 Å². The summed E-state index contributed by atoms with van der Waals surface area (Å²) in [7, 11) is 0. The zero-order chi connectivity index (χ0) is 21.2. The van der Waals surface area contributed by atoms with Crippen LogP contribution in [-0.4, -0.2) is 66.8 Å². The summed E-state index contributed by atoms with van der Waals surface area (Å²) < 4.78 is 5.57. The molecular weight excluding hydrogens is 372 g/mol. The third kappa shape index (κ3) is 4.53. The van der Waals surface area contributed by atoms with Gasteiger partial charge in [-0.3, -0.25) is 9.59 Å². The second kappa shape index (κ2) is 8.46. The Bertz CT molecular complexity index is 968. The minimum Gasteiger partial charge on any atom is -0.476 e. The first-order chi connectivity index (χ1) is 13.0. The number of ether oxygens (including phenoxy) is 1. The zero-order valence-corrected chi connectivity index (χ0v) is 15.6. The lowest BCUT2D eigenvalue weighted by Crippen LogP contribution is -2.44. The van der Waals surface area contributed by atoms with Crippen molar-refractivity contribution in [1.82, 2.24) is 9.55 Å². The summed E-state index contributed by atoms with van der Waals surface area (Å²) in [6, 6.07) is 3.24. The maximum Gasteiger partial charge on any atom is 0.360 e. The number of aromatic carboxylic acids is 1. The lowest BCUT2D eigenvalue weighted by atomic mass is 10.1. The van der Waals surface area contributed by atoms with Crippen molar-refractivity contribution in [2.24, 2.45) is 0 Å². The molecule has 10 nitrogen and oxygen atoms in total. The molecule has 0 aliphatic rings. The number of nitrogens with zero attached hydrogens (tertiary/aromatic N) is 2. The number of rotatable bonds is 7. The van der Waals surface area contributed by atoms with Crippen molar-refractivity contribution in [3.8, 4) is 0 Å². The summed E-state index contributed by atoms with van der Waals surface area (Å²) in [5, 5.41) is 39.4. The summed E-state index contributed by atoms with van der Waals surface area (Å²) >= 11 is 0. The van der Waals surface area contributed by atoms with E-state index in [-0.39, 0.29) is 11.0 Å². The highest BCUT2D eigenvalue weighted by molar-refractivity contribution is 5.88. The highest BCUT2D eigenvalue weighted by Crippen LogP contribution is 2.18. The van der Waals surface area contributed by atoms with E-state index in [1.807, 2.05) is 0 Å². The predicted molar refractivity (Wildman–Crippen MR) is 97.1 cm³/mol. The van der Waals surface area contributed by atoms with Crippen LogP contribution in [0.2, 0.25) is 0 Å². The second-order valence-electron chi connectivity index (χ2n) is 6.53. The lowest BCUT2D eigenvalue weighted by molar-refractivity contribution is -0.149. The van der Waals surface area contributed by atoms with Gasteiger partial charge in [-0.25, -0.2) is 9.78 Å². The first-order valence-corrected chi connectivity index (χ1v) is 8.45. The van der Waals surface area contributed by atoms with Gasteiger partial charge in [0.25, 0.3) is 5.56 Å².